The van der Waals surface area contributed by atoms with Crippen molar-refractivity contribution in [3.8, 4) is 27.7 Å². The van der Waals surface area contributed by atoms with Gasteiger partial charge < -0.3 is 9.30 Å². The van der Waals surface area contributed by atoms with Crippen molar-refractivity contribution >= 4 is 23.1 Å². The number of ether oxygens (including phenoxy) is 1. The van der Waals surface area contributed by atoms with Crippen LogP contribution in [0.15, 0.2) is 65.1 Å². The molecule has 4 rings (SSSR count). The summed E-state index contributed by atoms with van der Waals surface area (Å²) < 4.78 is 7.79. The van der Waals surface area contributed by atoms with Crippen LogP contribution < -0.4 is 4.74 Å². The van der Waals surface area contributed by atoms with Crippen LogP contribution in [0.2, 0.25) is 0 Å². The summed E-state index contributed by atoms with van der Waals surface area (Å²) in [5.41, 5.74) is 3.23. The molecule has 2 aromatic heterocycles. The molecule has 0 aliphatic carbocycles. The van der Waals surface area contributed by atoms with Crippen molar-refractivity contribution in [1.29, 1.82) is 0 Å². The number of thioether (sulfide) groups is 1. The van der Waals surface area contributed by atoms with Gasteiger partial charge in [-0.15, -0.1) is 21.5 Å². The molecule has 0 spiro atoms. The predicted molar refractivity (Wildman–Crippen MR) is 124 cm³/mol. The molecule has 0 bridgehead atoms. The minimum atomic E-state index is 0.504. The van der Waals surface area contributed by atoms with E-state index in [0.717, 1.165) is 44.3 Å². The molecule has 154 valence electrons. The second-order valence-electron chi connectivity index (χ2n) is 7.39. The molecule has 0 saturated carbocycles. The topological polar surface area (TPSA) is 52.8 Å². The number of hydrogen-bond donors (Lipinski definition) is 0. The summed E-state index contributed by atoms with van der Waals surface area (Å²) in [4.78, 5) is 4.76. The van der Waals surface area contributed by atoms with Gasteiger partial charge in [-0.25, -0.2) is 4.98 Å². The Kier molecular flexibility index (Phi) is 6.50. The van der Waals surface area contributed by atoms with Gasteiger partial charge in [0.15, 0.2) is 11.0 Å². The number of thiazole rings is 1. The van der Waals surface area contributed by atoms with Crippen LogP contribution >= 0.6 is 23.1 Å². The van der Waals surface area contributed by atoms with Gasteiger partial charge in [-0.2, -0.15) is 0 Å². The third-order valence-corrected chi connectivity index (χ3v) is 6.45. The zero-order valence-corrected chi connectivity index (χ0v) is 18.9. The molecule has 5 nitrogen and oxygen atoms in total. The normalized spacial score (nSPS) is 11.2. The zero-order valence-electron chi connectivity index (χ0n) is 17.3. The fourth-order valence-corrected chi connectivity index (χ4v) is 4.62. The van der Waals surface area contributed by atoms with E-state index in [1.807, 2.05) is 54.1 Å². The lowest BCUT2D eigenvalue weighted by molar-refractivity contribution is 0.271. The van der Waals surface area contributed by atoms with E-state index in [0.29, 0.717) is 12.5 Å². The third kappa shape index (κ3) is 4.91. The minimum absolute atomic E-state index is 0.504. The van der Waals surface area contributed by atoms with Gasteiger partial charge in [-0.1, -0.05) is 55.9 Å². The maximum absolute atomic E-state index is 5.76. The molecule has 0 unspecified atom stereocenters. The average Bonchev–Trinajstić information content (AvgIpc) is 3.38. The summed E-state index contributed by atoms with van der Waals surface area (Å²) in [6.07, 6.45) is 0. The molecular weight excluding hydrogens is 412 g/mol. The molecule has 0 radical (unpaired) electrons. The van der Waals surface area contributed by atoms with Crippen LogP contribution in [0.3, 0.4) is 0 Å². The quantitative estimate of drug-likeness (QED) is 0.320. The molecule has 0 fully saturated rings. The minimum Gasteiger partial charge on any atom is -0.493 e. The second-order valence-corrected chi connectivity index (χ2v) is 9.19. The molecule has 0 N–H and O–H groups in total. The molecule has 0 aliphatic rings. The first kappa shape index (κ1) is 20.6. The Morgan fingerprint density at radius 1 is 1.00 bits per heavy atom. The van der Waals surface area contributed by atoms with E-state index in [2.05, 4.69) is 41.6 Å². The monoisotopic (exact) mass is 436 g/mol. The van der Waals surface area contributed by atoms with E-state index in [-0.39, 0.29) is 0 Å². The van der Waals surface area contributed by atoms with Crippen molar-refractivity contribution in [3.63, 3.8) is 0 Å². The first-order chi connectivity index (χ1) is 14.6. The summed E-state index contributed by atoms with van der Waals surface area (Å²) >= 11 is 3.32. The number of nitrogens with zero attached hydrogens (tertiary/aromatic N) is 4. The Morgan fingerprint density at radius 2 is 1.77 bits per heavy atom. The Bertz CT molecular complexity index is 1090. The van der Waals surface area contributed by atoms with Gasteiger partial charge in [-0.05, 0) is 30.2 Å². The Balaban J connectivity index is 1.41. The number of rotatable bonds is 8. The highest BCUT2D eigenvalue weighted by atomic mass is 32.2. The molecule has 0 aliphatic heterocycles. The van der Waals surface area contributed by atoms with E-state index >= 15 is 0 Å². The first-order valence-corrected chi connectivity index (χ1v) is 11.7. The standard InChI is InChI=1S/C23H24N4OS2/c1-16(2)13-28-20-11-9-17(10-12-20)21-25-26-23(27(21)3)30-15-19-14-29-22(24-19)18-7-5-4-6-8-18/h4-12,14,16H,13,15H2,1-3H3. The van der Waals surface area contributed by atoms with E-state index in [4.69, 9.17) is 9.72 Å². The molecular formula is C23H24N4OS2. The lowest BCUT2D eigenvalue weighted by Gasteiger charge is -2.09. The number of aromatic nitrogens is 4. The van der Waals surface area contributed by atoms with Crippen LogP contribution in [0.1, 0.15) is 19.5 Å². The fourth-order valence-electron chi connectivity index (χ4n) is 2.88. The summed E-state index contributed by atoms with van der Waals surface area (Å²) in [6, 6.07) is 18.3. The van der Waals surface area contributed by atoms with Crippen LogP contribution in [0.5, 0.6) is 5.75 Å². The van der Waals surface area contributed by atoms with Crippen LogP contribution in [-0.2, 0) is 12.8 Å². The first-order valence-electron chi connectivity index (χ1n) is 9.85. The molecule has 2 aromatic carbocycles. The van der Waals surface area contributed by atoms with Crippen molar-refractivity contribution in [1.82, 2.24) is 19.7 Å². The van der Waals surface area contributed by atoms with Gasteiger partial charge in [0.25, 0.3) is 0 Å². The van der Waals surface area contributed by atoms with Gasteiger partial charge in [0, 0.05) is 29.3 Å². The highest BCUT2D eigenvalue weighted by molar-refractivity contribution is 7.98. The maximum Gasteiger partial charge on any atom is 0.191 e. The summed E-state index contributed by atoms with van der Waals surface area (Å²) in [7, 11) is 2.00. The van der Waals surface area contributed by atoms with Crippen LogP contribution in [0.25, 0.3) is 22.0 Å². The van der Waals surface area contributed by atoms with Crippen molar-refractivity contribution in [3.05, 3.63) is 65.7 Å². The van der Waals surface area contributed by atoms with Crippen molar-refractivity contribution in [2.24, 2.45) is 13.0 Å². The summed E-state index contributed by atoms with van der Waals surface area (Å²) in [5, 5.41) is 12.8. The average molecular weight is 437 g/mol. The van der Waals surface area contributed by atoms with Gasteiger partial charge in [0.05, 0.1) is 12.3 Å². The van der Waals surface area contributed by atoms with Crippen molar-refractivity contribution in [2.75, 3.05) is 6.61 Å². The van der Waals surface area contributed by atoms with E-state index in [9.17, 15) is 0 Å². The lowest BCUT2D eigenvalue weighted by atomic mass is 10.2. The molecule has 0 saturated heterocycles. The SMILES string of the molecule is CC(C)COc1ccc(-c2nnc(SCc3csc(-c4ccccc4)n3)n2C)cc1. The Hall–Kier alpha value is -2.64. The Labute approximate surface area is 185 Å². The fraction of sp³-hybridized carbons (Fsp3) is 0.261. The molecule has 4 aromatic rings. The van der Waals surface area contributed by atoms with Crippen LogP contribution in [0, 0.1) is 5.92 Å². The van der Waals surface area contributed by atoms with Crippen LogP contribution in [0.4, 0.5) is 0 Å². The van der Waals surface area contributed by atoms with Gasteiger partial charge in [-0.3, -0.25) is 0 Å². The molecule has 30 heavy (non-hydrogen) atoms. The van der Waals surface area contributed by atoms with Gasteiger partial charge >= 0.3 is 0 Å². The molecule has 7 heteroatoms. The maximum atomic E-state index is 5.76. The number of benzene rings is 2. The Morgan fingerprint density at radius 3 is 2.50 bits per heavy atom. The molecule has 0 atom stereocenters. The summed E-state index contributed by atoms with van der Waals surface area (Å²) in [5.74, 6) is 2.99. The highest BCUT2D eigenvalue weighted by Crippen LogP contribution is 2.29. The zero-order chi connectivity index (χ0) is 20.9. The van der Waals surface area contributed by atoms with Gasteiger partial charge in [0.2, 0.25) is 0 Å². The van der Waals surface area contributed by atoms with E-state index in [1.54, 1.807) is 23.1 Å². The lowest BCUT2D eigenvalue weighted by Crippen LogP contribution is -2.04. The third-order valence-electron chi connectivity index (χ3n) is 4.45. The highest BCUT2D eigenvalue weighted by Gasteiger charge is 2.13. The number of hydrogen-bond acceptors (Lipinski definition) is 6. The van der Waals surface area contributed by atoms with Crippen LogP contribution in [-0.4, -0.2) is 26.4 Å². The van der Waals surface area contributed by atoms with E-state index < -0.39 is 0 Å². The van der Waals surface area contributed by atoms with E-state index in [1.165, 1.54) is 0 Å². The largest absolute Gasteiger partial charge is 0.493 e. The smallest absolute Gasteiger partial charge is 0.191 e. The second kappa shape index (κ2) is 9.45. The molecule has 0 amide bonds. The van der Waals surface area contributed by atoms with Gasteiger partial charge in [0.1, 0.15) is 10.8 Å². The van der Waals surface area contributed by atoms with Crippen molar-refractivity contribution in [2.45, 2.75) is 24.8 Å². The molecule has 2 heterocycles. The predicted octanol–water partition coefficient (Wildman–Crippen LogP) is 5.93. The summed E-state index contributed by atoms with van der Waals surface area (Å²) in [6.45, 7) is 5.00. The van der Waals surface area contributed by atoms with Crippen molar-refractivity contribution < 1.29 is 4.74 Å².